The summed E-state index contributed by atoms with van der Waals surface area (Å²) in [6, 6.07) is 12.1. The van der Waals surface area contributed by atoms with E-state index < -0.39 is 6.36 Å². The zero-order valence-electron chi connectivity index (χ0n) is 20.6. The third kappa shape index (κ3) is 6.00. The summed E-state index contributed by atoms with van der Waals surface area (Å²) >= 11 is 0. The van der Waals surface area contributed by atoms with Gasteiger partial charge in [0.1, 0.15) is 5.75 Å². The number of amides is 3. The Morgan fingerprint density at radius 3 is 2.29 bits per heavy atom. The van der Waals surface area contributed by atoms with E-state index in [2.05, 4.69) is 15.4 Å². The average Bonchev–Trinajstić information content (AvgIpc) is 3.62. The van der Waals surface area contributed by atoms with Crippen molar-refractivity contribution in [1.29, 1.82) is 0 Å². The van der Waals surface area contributed by atoms with Crippen molar-refractivity contribution < 1.29 is 32.3 Å². The molecule has 0 aromatic heterocycles. The summed E-state index contributed by atoms with van der Waals surface area (Å²) in [7, 11) is 0. The molecule has 0 bridgehead atoms. The highest BCUT2D eigenvalue weighted by Gasteiger charge is 2.53. The largest absolute Gasteiger partial charge is 0.573 e. The van der Waals surface area contributed by atoms with E-state index in [1.807, 2.05) is 0 Å². The predicted molar refractivity (Wildman–Crippen MR) is 134 cm³/mol. The van der Waals surface area contributed by atoms with Gasteiger partial charge < -0.3 is 20.3 Å². The topological polar surface area (TPSA) is 87.7 Å². The zero-order valence-corrected chi connectivity index (χ0v) is 20.6. The highest BCUT2D eigenvalue weighted by Crippen LogP contribution is 2.46. The highest BCUT2D eigenvalue weighted by molar-refractivity contribution is 5.97. The van der Waals surface area contributed by atoms with Crippen molar-refractivity contribution in [3.63, 3.8) is 0 Å². The molecule has 7 nitrogen and oxygen atoms in total. The Labute approximate surface area is 218 Å². The number of anilines is 1. The molecular formula is C28H28F3N3O4. The molecule has 1 unspecified atom stereocenters. The maximum absolute atomic E-state index is 12.9. The lowest BCUT2D eigenvalue weighted by atomic mass is 9.75. The molecule has 200 valence electrons. The van der Waals surface area contributed by atoms with E-state index >= 15 is 0 Å². The first-order chi connectivity index (χ1) is 18.1. The number of nitrogens with zero attached hydrogens (tertiary/aromatic N) is 1. The third-order valence-electron chi connectivity index (χ3n) is 7.43. The second-order valence-corrected chi connectivity index (χ2v) is 10.3. The zero-order chi connectivity index (χ0) is 26.9. The van der Waals surface area contributed by atoms with Crippen molar-refractivity contribution in [1.82, 2.24) is 10.2 Å². The number of nitrogens with one attached hydrogen (secondary N) is 2. The number of alkyl halides is 3. The van der Waals surface area contributed by atoms with Crippen LogP contribution in [0.4, 0.5) is 18.9 Å². The van der Waals surface area contributed by atoms with E-state index in [1.165, 1.54) is 30.3 Å². The Bertz CT molecular complexity index is 1230. The minimum absolute atomic E-state index is 0.0162. The summed E-state index contributed by atoms with van der Waals surface area (Å²) in [5, 5.41) is 6.00. The lowest BCUT2D eigenvalue weighted by molar-refractivity contribution is -0.274. The predicted octanol–water partition coefficient (Wildman–Crippen LogP) is 4.76. The Morgan fingerprint density at radius 1 is 0.974 bits per heavy atom. The van der Waals surface area contributed by atoms with Gasteiger partial charge in [-0.2, -0.15) is 0 Å². The summed E-state index contributed by atoms with van der Waals surface area (Å²) in [6.45, 7) is 1.07. The second-order valence-electron chi connectivity index (χ2n) is 10.3. The van der Waals surface area contributed by atoms with E-state index in [9.17, 15) is 27.6 Å². The van der Waals surface area contributed by atoms with Gasteiger partial charge in [0.2, 0.25) is 11.8 Å². The van der Waals surface area contributed by atoms with Crippen molar-refractivity contribution in [2.45, 2.75) is 44.5 Å². The molecule has 1 aliphatic heterocycles. The van der Waals surface area contributed by atoms with Gasteiger partial charge in [0, 0.05) is 47.8 Å². The van der Waals surface area contributed by atoms with Gasteiger partial charge >= 0.3 is 6.36 Å². The number of carbonyl (C=O) groups is 3. The fourth-order valence-corrected chi connectivity index (χ4v) is 5.20. The maximum atomic E-state index is 12.9. The Morgan fingerprint density at radius 2 is 1.66 bits per heavy atom. The van der Waals surface area contributed by atoms with Gasteiger partial charge in [-0.15, -0.1) is 13.2 Å². The molecule has 1 heterocycles. The normalized spacial score (nSPS) is 20.3. The number of ether oxygens (including phenoxy) is 1. The molecule has 1 atom stereocenters. The molecule has 1 spiro atoms. The maximum Gasteiger partial charge on any atom is 0.573 e. The van der Waals surface area contributed by atoms with Crippen LogP contribution in [0.2, 0.25) is 0 Å². The minimum Gasteiger partial charge on any atom is -0.406 e. The fraction of sp³-hybridized carbons (Fsp3) is 0.393. The number of rotatable bonds is 7. The van der Waals surface area contributed by atoms with Gasteiger partial charge in [-0.1, -0.05) is 18.6 Å². The smallest absolute Gasteiger partial charge is 0.406 e. The van der Waals surface area contributed by atoms with Crippen LogP contribution in [-0.2, 0) is 9.59 Å². The van der Waals surface area contributed by atoms with Gasteiger partial charge in [0.05, 0.1) is 0 Å². The number of likely N-dealkylation sites (tertiary alicyclic amines) is 1. The van der Waals surface area contributed by atoms with Crippen LogP contribution in [0.25, 0.3) is 6.08 Å². The van der Waals surface area contributed by atoms with E-state index in [4.69, 9.17) is 0 Å². The first-order valence-corrected chi connectivity index (χ1v) is 12.6. The standard InChI is InChI=1S/C28H28F3N3O4/c29-28(30,31)38-22-12-3-18(4-13-22)5-14-24(35)34-16-27(17-34)15-1-2-23(27)33-26(37)20-8-10-21(11-9-20)32-25(36)19-6-7-19/h3-5,8-14,19,23H,1-2,6-7,15-17H2,(H,32,36)(H,33,37)/b14-5+. The summed E-state index contributed by atoms with van der Waals surface area (Å²) in [5.74, 6) is -0.570. The molecule has 0 radical (unpaired) electrons. The molecule has 3 amide bonds. The summed E-state index contributed by atoms with van der Waals surface area (Å²) in [6.07, 6.45) is 2.76. The number of benzene rings is 2. The lowest BCUT2D eigenvalue weighted by Crippen LogP contribution is -2.64. The molecule has 5 rings (SSSR count). The Balaban J connectivity index is 1.12. The van der Waals surface area contributed by atoms with Crippen molar-refractivity contribution in [3.8, 4) is 5.75 Å². The monoisotopic (exact) mass is 527 g/mol. The SMILES string of the molecule is O=C(NC1CCCC12CN(C(=O)/C=C/c1ccc(OC(F)(F)F)cc1)C2)c1ccc(NC(=O)C2CC2)cc1. The van der Waals surface area contributed by atoms with Crippen molar-refractivity contribution >= 4 is 29.5 Å². The van der Waals surface area contributed by atoms with Gasteiger partial charge in [0.15, 0.2) is 0 Å². The quantitative estimate of drug-likeness (QED) is 0.509. The highest BCUT2D eigenvalue weighted by atomic mass is 19.4. The molecule has 2 saturated carbocycles. The molecular weight excluding hydrogens is 499 g/mol. The van der Waals surface area contributed by atoms with Crippen LogP contribution in [0.3, 0.4) is 0 Å². The number of halogens is 3. The molecule has 3 fully saturated rings. The Kier molecular flexibility index (Phi) is 6.90. The van der Waals surface area contributed by atoms with Crippen LogP contribution >= 0.6 is 0 Å². The molecule has 2 N–H and O–H groups in total. The van der Waals surface area contributed by atoms with Crippen molar-refractivity contribution in [3.05, 3.63) is 65.7 Å². The molecule has 10 heteroatoms. The summed E-state index contributed by atoms with van der Waals surface area (Å²) in [5.41, 5.74) is 1.60. The number of carbonyl (C=O) groups excluding carboxylic acids is 3. The van der Waals surface area contributed by atoms with Crippen LogP contribution in [0, 0.1) is 11.3 Å². The minimum atomic E-state index is -4.75. The van der Waals surface area contributed by atoms with E-state index in [-0.39, 0.29) is 40.8 Å². The third-order valence-corrected chi connectivity index (χ3v) is 7.43. The first-order valence-electron chi connectivity index (χ1n) is 12.6. The van der Waals surface area contributed by atoms with Crippen molar-refractivity contribution in [2.24, 2.45) is 11.3 Å². The van der Waals surface area contributed by atoms with Crippen molar-refractivity contribution in [2.75, 3.05) is 18.4 Å². The molecule has 2 aromatic rings. The lowest BCUT2D eigenvalue weighted by Gasteiger charge is -2.51. The van der Waals surface area contributed by atoms with Crippen LogP contribution in [-0.4, -0.2) is 48.1 Å². The number of hydrogen-bond acceptors (Lipinski definition) is 4. The van der Waals surface area contributed by atoms with Gasteiger partial charge in [-0.05, 0) is 73.7 Å². The summed E-state index contributed by atoms with van der Waals surface area (Å²) in [4.78, 5) is 39.2. The van der Waals surface area contributed by atoms with Gasteiger partial charge in [0.25, 0.3) is 5.91 Å². The number of hydrogen-bond donors (Lipinski definition) is 2. The van der Waals surface area contributed by atoms with Crippen LogP contribution in [0.15, 0.2) is 54.6 Å². The van der Waals surface area contributed by atoms with Gasteiger partial charge in [-0.3, -0.25) is 14.4 Å². The van der Waals surface area contributed by atoms with E-state index in [1.54, 1.807) is 35.2 Å². The average molecular weight is 528 g/mol. The summed E-state index contributed by atoms with van der Waals surface area (Å²) < 4.78 is 40.7. The molecule has 1 saturated heterocycles. The Hall–Kier alpha value is -3.82. The van der Waals surface area contributed by atoms with Gasteiger partial charge in [-0.25, -0.2) is 0 Å². The fourth-order valence-electron chi connectivity index (χ4n) is 5.20. The van der Waals surface area contributed by atoms with Crippen LogP contribution in [0.5, 0.6) is 5.75 Å². The van der Waals surface area contributed by atoms with E-state index in [0.29, 0.717) is 29.9 Å². The second kappa shape index (κ2) is 10.2. The van der Waals surface area contributed by atoms with Crippen LogP contribution in [0.1, 0.15) is 48.0 Å². The molecule has 38 heavy (non-hydrogen) atoms. The first kappa shape index (κ1) is 25.8. The molecule has 2 aromatic carbocycles. The van der Waals surface area contributed by atoms with Crippen LogP contribution < -0.4 is 15.4 Å². The molecule has 3 aliphatic rings. The van der Waals surface area contributed by atoms with E-state index in [0.717, 1.165) is 32.1 Å². The molecule has 2 aliphatic carbocycles.